The van der Waals surface area contributed by atoms with E-state index in [9.17, 15) is 13.2 Å². The van der Waals surface area contributed by atoms with Crippen molar-refractivity contribution in [2.24, 2.45) is 0 Å². The Labute approximate surface area is 184 Å². The van der Waals surface area contributed by atoms with Crippen LogP contribution in [-0.2, 0) is 21.4 Å². The minimum absolute atomic E-state index is 0.155. The molecule has 3 aromatic carbocycles. The predicted octanol–water partition coefficient (Wildman–Crippen LogP) is 4.43. The van der Waals surface area contributed by atoms with Crippen molar-refractivity contribution in [3.63, 3.8) is 0 Å². The molecule has 0 fully saturated rings. The number of aryl methyl sites for hydroxylation is 4. The topological polar surface area (TPSA) is 66.5 Å². The maximum Gasteiger partial charge on any atom is 0.264 e. The van der Waals surface area contributed by atoms with Crippen LogP contribution in [0.25, 0.3) is 0 Å². The van der Waals surface area contributed by atoms with Gasteiger partial charge in [-0.1, -0.05) is 53.6 Å². The summed E-state index contributed by atoms with van der Waals surface area (Å²) < 4.78 is 28.0. The quantitative estimate of drug-likeness (QED) is 0.596. The standard InChI is InChI=1S/C25H28N2O3S/c1-18-5-10-22(11-6-18)16-26-25(28)17-27(23-12-9-20(3)21(4)15-23)31(29,30)24-13-7-19(2)8-14-24/h5-15H,16-17H2,1-4H3,(H,26,28). The van der Waals surface area contributed by atoms with E-state index in [-0.39, 0.29) is 17.3 Å². The lowest BCUT2D eigenvalue weighted by atomic mass is 10.1. The number of sulfonamides is 1. The molecule has 0 aromatic heterocycles. The molecule has 1 amide bonds. The van der Waals surface area contributed by atoms with E-state index >= 15 is 0 Å². The Hall–Kier alpha value is -3.12. The Morgan fingerprint density at radius 1 is 0.806 bits per heavy atom. The molecule has 0 saturated carbocycles. The van der Waals surface area contributed by atoms with E-state index in [2.05, 4.69) is 5.32 Å². The monoisotopic (exact) mass is 436 g/mol. The van der Waals surface area contributed by atoms with Crippen LogP contribution in [0.4, 0.5) is 5.69 Å². The number of amides is 1. The molecule has 162 valence electrons. The van der Waals surface area contributed by atoms with E-state index in [1.807, 2.05) is 58.0 Å². The maximum absolute atomic E-state index is 13.4. The normalized spacial score (nSPS) is 11.2. The molecule has 0 radical (unpaired) electrons. The molecule has 6 heteroatoms. The van der Waals surface area contributed by atoms with Crippen LogP contribution in [0.5, 0.6) is 0 Å². The predicted molar refractivity (Wildman–Crippen MR) is 125 cm³/mol. The lowest BCUT2D eigenvalue weighted by Crippen LogP contribution is -2.40. The van der Waals surface area contributed by atoms with Crippen LogP contribution in [0.3, 0.4) is 0 Å². The van der Waals surface area contributed by atoms with Crippen molar-refractivity contribution >= 4 is 21.6 Å². The number of nitrogens with zero attached hydrogens (tertiary/aromatic N) is 1. The van der Waals surface area contributed by atoms with Gasteiger partial charge in [0.2, 0.25) is 5.91 Å². The van der Waals surface area contributed by atoms with Gasteiger partial charge in [-0.25, -0.2) is 8.42 Å². The molecule has 5 nitrogen and oxygen atoms in total. The van der Waals surface area contributed by atoms with Crippen LogP contribution in [0, 0.1) is 27.7 Å². The Morgan fingerprint density at radius 3 is 1.97 bits per heavy atom. The summed E-state index contributed by atoms with van der Waals surface area (Å²) in [5.74, 6) is -0.366. The summed E-state index contributed by atoms with van der Waals surface area (Å²) >= 11 is 0. The van der Waals surface area contributed by atoms with E-state index in [4.69, 9.17) is 0 Å². The fourth-order valence-corrected chi connectivity index (χ4v) is 4.54. The van der Waals surface area contributed by atoms with Crippen LogP contribution in [0.15, 0.2) is 71.6 Å². The van der Waals surface area contributed by atoms with Gasteiger partial charge < -0.3 is 5.32 Å². The summed E-state index contributed by atoms with van der Waals surface area (Å²) in [6.07, 6.45) is 0. The van der Waals surface area contributed by atoms with Gasteiger partial charge in [0.15, 0.2) is 0 Å². The second kappa shape index (κ2) is 9.35. The first kappa shape index (κ1) is 22.6. The molecule has 0 atom stereocenters. The van der Waals surface area contributed by atoms with Gasteiger partial charge in [-0.3, -0.25) is 9.10 Å². The summed E-state index contributed by atoms with van der Waals surface area (Å²) in [6.45, 7) is 7.82. The first-order valence-electron chi connectivity index (χ1n) is 10.2. The Bertz CT molecular complexity index is 1170. The highest BCUT2D eigenvalue weighted by Crippen LogP contribution is 2.26. The number of hydrogen-bond donors (Lipinski definition) is 1. The van der Waals surface area contributed by atoms with Gasteiger partial charge in [-0.2, -0.15) is 0 Å². The molecular formula is C25H28N2O3S. The van der Waals surface area contributed by atoms with E-state index < -0.39 is 10.0 Å². The zero-order valence-corrected chi connectivity index (χ0v) is 19.2. The Balaban J connectivity index is 1.88. The van der Waals surface area contributed by atoms with E-state index in [1.165, 1.54) is 4.31 Å². The summed E-state index contributed by atoms with van der Waals surface area (Å²) in [5.41, 5.74) is 5.54. The van der Waals surface area contributed by atoms with Crippen LogP contribution >= 0.6 is 0 Å². The minimum Gasteiger partial charge on any atom is -0.350 e. The lowest BCUT2D eigenvalue weighted by Gasteiger charge is -2.25. The number of benzene rings is 3. The molecule has 0 aliphatic heterocycles. The number of carbonyl (C=O) groups is 1. The third-order valence-electron chi connectivity index (χ3n) is 5.28. The molecule has 0 saturated heterocycles. The molecule has 0 heterocycles. The smallest absolute Gasteiger partial charge is 0.264 e. The van der Waals surface area contributed by atoms with E-state index in [0.717, 1.165) is 27.8 Å². The van der Waals surface area contributed by atoms with Gasteiger partial charge in [0.25, 0.3) is 10.0 Å². The fourth-order valence-electron chi connectivity index (χ4n) is 3.13. The van der Waals surface area contributed by atoms with Crippen LogP contribution < -0.4 is 9.62 Å². The van der Waals surface area contributed by atoms with Crippen LogP contribution in [0.2, 0.25) is 0 Å². The van der Waals surface area contributed by atoms with Crippen molar-refractivity contribution in [3.8, 4) is 0 Å². The number of nitrogens with one attached hydrogen (secondary N) is 1. The zero-order valence-electron chi connectivity index (χ0n) is 18.3. The average molecular weight is 437 g/mol. The van der Waals surface area contributed by atoms with Gasteiger partial charge in [-0.15, -0.1) is 0 Å². The first-order chi connectivity index (χ1) is 14.7. The van der Waals surface area contributed by atoms with Crippen LogP contribution in [-0.4, -0.2) is 20.9 Å². The Kier molecular flexibility index (Phi) is 6.81. The van der Waals surface area contributed by atoms with Crippen LogP contribution in [0.1, 0.15) is 27.8 Å². The number of hydrogen-bond acceptors (Lipinski definition) is 3. The number of carbonyl (C=O) groups excluding carboxylic acids is 1. The molecule has 0 unspecified atom stereocenters. The van der Waals surface area contributed by atoms with Crippen molar-refractivity contribution in [2.45, 2.75) is 39.1 Å². The molecule has 1 N–H and O–H groups in total. The molecular weight excluding hydrogens is 408 g/mol. The van der Waals surface area contributed by atoms with Gasteiger partial charge in [0.1, 0.15) is 6.54 Å². The van der Waals surface area contributed by atoms with Crippen molar-refractivity contribution in [3.05, 3.63) is 94.5 Å². The Morgan fingerprint density at radius 2 is 1.39 bits per heavy atom. The molecule has 0 aliphatic rings. The SMILES string of the molecule is Cc1ccc(CNC(=O)CN(c2ccc(C)c(C)c2)S(=O)(=O)c2ccc(C)cc2)cc1. The zero-order chi connectivity index (χ0) is 22.6. The third-order valence-corrected chi connectivity index (χ3v) is 7.07. The lowest BCUT2D eigenvalue weighted by molar-refractivity contribution is -0.119. The largest absolute Gasteiger partial charge is 0.350 e. The average Bonchev–Trinajstić information content (AvgIpc) is 2.74. The van der Waals surface area contributed by atoms with E-state index in [1.54, 1.807) is 36.4 Å². The maximum atomic E-state index is 13.4. The van der Waals surface area contributed by atoms with Crippen molar-refractivity contribution in [2.75, 3.05) is 10.8 Å². The van der Waals surface area contributed by atoms with Crippen molar-refractivity contribution < 1.29 is 13.2 Å². The first-order valence-corrected chi connectivity index (χ1v) is 11.6. The van der Waals surface area contributed by atoms with E-state index in [0.29, 0.717) is 12.2 Å². The number of rotatable bonds is 7. The van der Waals surface area contributed by atoms with Gasteiger partial charge in [-0.05, 0) is 68.7 Å². The number of anilines is 1. The van der Waals surface area contributed by atoms with Crippen molar-refractivity contribution in [1.82, 2.24) is 5.32 Å². The molecule has 0 bridgehead atoms. The summed E-state index contributed by atoms with van der Waals surface area (Å²) in [4.78, 5) is 12.9. The third kappa shape index (κ3) is 5.52. The highest BCUT2D eigenvalue weighted by Gasteiger charge is 2.27. The second-order valence-electron chi connectivity index (χ2n) is 7.86. The second-order valence-corrected chi connectivity index (χ2v) is 9.72. The molecule has 31 heavy (non-hydrogen) atoms. The minimum atomic E-state index is -3.91. The molecule has 3 aromatic rings. The highest BCUT2D eigenvalue weighted by molar-refractivity contribution is 7.92. The molecule has 0 spiro atoms. The van der Waals surface area contributed by atoms with Gasteiger partial charge in [0, 0.05) is 6.54 Å². The summed E-state index contributed by atoms with van der Waals surface area (Å²) in [7, 11) is -3.91. The fraction of sp³-hybridized carbons (Fsp3) is 0.240. The highest BCUT2D eigenvalue weighted by atomic mass is 32.2. The summed E-state index contributed by atoms with van der Waals surface area (Å²) in [5, 5.41) is 2.83. The molecule has 3 rings (SSSR count). The van der Waals surface area contributed by atoms with Gasteiger partial charge >= 0.3 is 0 Å². The molecule has 0 aliphatic carbocycles. The van der Waals surface area contributed by atoms with Crippen molar-refractivity contribution in [1.29, 1.82) is 0 Å². The van der Waals surface area contributed by atoms with Gasteiger partial charge in [0.05, 0.1) is 10.6 Å². The summed E-state index contributed by atoms with van der Waals surface area (Å²) in [6, 6.07) is 19.9.